The molecule has 0 radical (unpaired) electrons. The van der Waals surface area contributed by atoms with Crippen LogP contribution in [0.2, 0.25) is 0 Å². The molecule has 6 nitrogen and oxygen atoms in total. The Morgan fingerprint density at radius 2 is 2.19 bits per heavy atom. The van der Waals surface area contributed by atoms with E-state index < -0.39 is 12.1 Å². The standard InChI is InChI=1S/C15H17NO5/c1-9(2)20-14(18)7-16-12-6-11(8-17)4-5-13(12)21-10(3)15(16)19/h4-6,8-10H,7H2,1-3H3. The smallest absolute Gasteiger partial charge is 0.326 e. The summed E-state index contributed by atoms with van der Waals surface area (Å²) >= 11 is 0. The Balaban J connectivity index is 2.33. The van der Waals surface area contributed by atoms with Crippen LogP contribution >= 0.6 is 0 Å². The average Bonchev–Trinajstić information content (AvgIpc) is 2.42. The van der Waals surface area contributed by atoms with Crippen molar-refractivity contribution in [2.45, 2.75) is 33.0 Å². The minimum absolute atomic E-state index is 0.208. The van der Waals surface area contributed by atoms with Gasteiger partial charge in [0.2, 0.25) is 0 Å². The number of esters is 1. The fourth-order valence-corrected chi connectivity index (χ4v) is 2.09. The fourth-order valence-electron chi connectivity index (χ4n) is 2.09. The number of hydrogen-bond acceptors (Lipinski definition) is 5. The Hall–Kier alpha value is -2.37. The lowest BCUT2D eigenvalue weighted by molar-refractivity contribution is -0.146. The number of hydrogen-bond donors (Lipinski definition) is 0. The maximum atomic E-state index is 12.2. The Morgan fingerprint density at radius 3 is 2.81 bits per heavy atom. The SMILES string of the molecule is CC(C)OC(=O)CN1C(=O)C(C)Oc2ccc(C=O)cc21. The molecule has 6 heteroatoms. The summed E-state index contributed by atoms with van der Waals surface area (Å²) in [5, 5.41) is 0. The number of fused-ring (bicyclic) bond motifs is 1. The third kappa shape index (κ3) is 3.21. The summed E-state index contributed by atoms with van der Waals surface area (Å²) < 4.78 is 10.5. The van der Waals surface area contributed by atoms with Gasteiger partial charge in [0.25, 0.3) is 5.91 Å². The highest BCUT2D eigenvalue weighted by Gasteiger charge is 2.33. The van der Waals surface area contributed by atoms with Crippen molar-refractivity contribution in [3.8, 4) is 5.75 Å². The van der Waals surface area contributed by atoms with E-state index in [1.54, 1.807) is 32.9 Å². The number of ether oxygens (including phenoxy) is 2. The molecule has 2 rings (SSSR count). The molecule has 1 atom stereocenters. The Labute approximate surface area is 122 Å². The van der Waals surface area contributed by atoms with E-state index in [0.717, 1.165) is 0 Å². The quantitative estimate of drug-likeness (QED) is 0.622. The lowest BCUT2D eigenvalue weighted by Crippen LogP contribution is -2.47. The van der Waals surface area contributed by atoms with Crippen molar-refractivity contribution < 1.29 is 23.9 Å². The van der Waals surface area contributed by atoms with Gasteiger partial charge in [0.1, 0.15) is 18.6 Å². The Morgan fingerprint density at radius 1 is 1.48 bits per heavy atom. The predicted molar refractivity (Wildman–Crippen MR) is 75.5 cm³/mol. The van der Waals surface area contributed by atoms with Crippen LogP contribution in [0.15, 0.2) is 18.2 Å². The van der Waals surface area contributed by atoms with Crippen LogP contribution in [0.4, 0.5) is 5.69 Å². The zero-order chi connectivity index (χ0) is 15.6. The molecule has 0 saturated heterocycles. The highest BCUT2D eigenvalue weighted by atomic mass is 16.5. The largest absolute Gasteiger partial charge is 0.479 e. The first-order valence-electron chi connectivity index (χ1n) is 6.69. The third-order valence-electron chi connectivity index (χ3n) is 2.98. The average molecular weight is 291 g/mol. The minimum Gasteiger partial charge on any atom is -0.479 e. The molecule has 0 aromatic heterocycles. The van der Waals surface area contributed by atoms with Crippen molar-refractivity contribution in [2.24, 2.45) is 0 Å². The van der Waals surface area contributed by atoms with E-state index in [4.69, 9.17) is 9.47 Å². The van der Waals surface area contributed by atoms with E-state index in [-0.39, 0.29) is 18.6 Å². The second kappa shape index (κ2) is 5.95. The Bertz CT molecular complexity index is 581. The van der Waals surface area contributed by atoms with Crippen LogP contribution in [0.1, 0.15) is 31.1 Å². The van der Waals surface area contributed by atoms with Gasteiger partial charge in [-0.05, 0) is 39.0 Å². The highest BCUT2D eigenvalue weighted by molar-refractivity contribution is 6.03. The zero-order valence-electron chi connectivity index (χ0n) is 12.2. The molecule has 0 fully saturated rings. The van der Waals surface area contributed by atoms with Crippen LogP contribution < -0.4 is 9.64 Å². The van der Waals surface area contributed by atoms with Crippen LogP contribution in [0.25, 0.3) is 0 Å². The van der Waals surface area contributed by atoms with Crippen molar-refractivity contribution in [1.82, 2.24) is 0 Å². The molecule has 1 aromatic carbocycles. The molecule has 0 bridgehead atoms. The summed E-state index contributed by atoms with van der Waals surface area (Å²) in [6.07, 6.45) is -0.272. The maximum absolute atomic E-state index is 12.2. The summed E-state index contributed by atoms with van der Waals surface area (Å²) in [5.74, 6) is -0.383. The molecule has 0 aliphatic carbocycles. The topological polar surface area (TPSA) is 72.9 Å². The number of benzene rings is 1. The van der Waals surface area contributed by atoms with E-state index in [9.17, 15) is 14.4 Å². The minimum atomic E-state index is -0.688. The molecular weight excluding hydrogens is 274 g/mol. The van der Waals surface area contributed by atoms with Gasteiger partial charge in [-0.1, -0.05) is 0 Å². The molecule has 1 unspecified atom stereocenters. The number of carbonyl (C=O) groups excluding carboxylic acids is 3. The van der Waals surface area contributed by atoms with Crippen LogP contribution in [-0.4, -0.2) is 36.9 Å². The van der Waals surface area contributed by atoms with E-state index in [2.05, 4.69) is 0 Å². The molecule has 1 aliphatic heterocycles. The first-order chi connectivity index (χ1) is 9.92. The first kappa shape index (κ1) is 15.0. The maximum Gasteiger partial charge on any atom is 0.326 e. The second-order valence-corrected chi connectivity index (χ2v) is 5.07. The molecule has 1 aromatic rings. The molecule has 1 heterocycles. The van der Waals surface area contributed by atoms with E-state index in [1.807, 2.05) is 0 Å². The van der Waals surface area contributed by atoms with Crippen molar-refractivity contribution in [3.63, 3.8) is 0 Å². The van der Waals surface area contributed by atoms with Gasteiger partial charge in [0.05, 0.1) is 11.8 Å². The van der Waals surface area contributed by atoms with E-state index in [0.29, 0.717) is 23.3 Å². The van der Waals surface area contributed by atoms with Crippen LogP contribution in [-0.2, 0) is 14.3 Å². The normalized spacial score (nSPS) is 17.2. The molecule has 0 saturated carbocycles. The van der Waals surface area contributed by atoms with Crippen molar-refractivity contribution in [2.75, 3.05) is 11.4 Å². The molecule has 0 N–H and O–H groups in total. The lowest BCUT2D eigenvalue weighted by atomic mass is 10.1. The number of nitrogens with zero attached hydrogens (tertiary/aromatic N) is 1. The highest BCUT2D eigenvalue weighted by Crippen LogP contribution is 2.34. The third-order valence-corrected chi connectivity index (χ3v) is 2.98. The van der Waals surface area contributed by atoms with Crippen LogP contribution in [0, 0.1) is 0 Å². The van der Waals surface area contributed by atoms with E-state index in [1.165, 1.54) is 11.0 Å². The van der Waals surface area contributed by atoms with Crippen LogP contribution in [0.3, 0.4) is 0 Å². The summed E-state index contributed by atoms with van der Waals surface area (Å²) in [5.41, 5.74) is 0.810. The van der Waals surface area contributed by atoms with Crippen LogP contribution in [0.5, 0.6) is 5.75 Å². The summed E-state index contributed by atoms with van der Waals surface area (Å²) in [6.45, 7) is 4.87. The molecule has 0 spiro atoms. The van der Waals surface area contributed by atoms with Gasteiger partial charge >= 0.3 is 5.97 Å². The summed E-state index contributed by atoms with van der Waals surface area (Å²) in [7, 11) is 0. The molecule has 1 aliphatic rings. The lowest BCUT2D eigenvalue weighted by Gasteiger charge is -2.32. The Kier molecular flexibility index (Phi) is 4.26. The molecule has 112 valence electrons. The molecule has 21 heavy (non-hydrogen) atoms. The van der Waals surface area contributed by atoms with Gasteiger partial charge in [-0.25, -0.2) is 0 Å². The first-order valence-corrected chi connectivity index (χ1v) is 6.69. The predicted octanol–water partition coefficient (Wildman–Crippen LogP) is 1.56. The van der Waals surface area contributed by atoms with Gasteiger partial charge < -0.3 is 9.47 Å². The number of carbonyl (C=O) groups is 3. The number of rotatable bonds is 4. The van der Waals surface area contributed by atoms with Gasteiger partial charge in [-0.3, -0.25) is 19.3 Å². The van der Waals surface area contributed by atoms with Gasteiger partial charge in [0, 0.05) is 5.56 Å². The van der Waals surface area contributed by atoms with Gasteiger partial charge in [-0.15, -0.1) is 0 Å². The van der Waals surface area contributed by atoms with Gasteiger partial charge in [0.15, 0.2) is 6.10 Å². The van der Waals surface area contributed by atoms with E-state index >= 15 is 0 Å². The van der Waals surface area contributed by atoms with Crippen molar-refractivity contribution in [3.05, 3.63) is 23.8 Å². The monoisotopic (exact) mass is 291 g/mol. The van der Waals surface area contributed by atoms with Gasteiger partial charge in [-0.2, -0.15) is 0 Å². The number of aldehydes is 1. The second-order valence-electron chi connectivity index (χ2n) is 5.07. The molecular formula is C15H17NO5. The van der Waals surface area contributed by atoms with Crippen molar-refractivity contribution in [1.29, 1.82) is 0 Å². The summed E-state index contributed by atoms with van der Waals surface area (Å²) in [6, 6.07) is 4.73. The summed E-state index contributed by atoms with van der Waals surface area (Å²) in [4.78, 5) is 36.2. The zero-order valence-corrected chi connectivity index (χ0v) is 12.2. The number of amides is 1. The molecule has 1 amide bonds. The fraction of sp³-hybridized carbons (Fsp3) is 0.400. The number of anilines is 1. The van der Waals surface area contributed by atoms with Crippen molar-refractivity contribution >= 4 is 23.9 Å².